The van der Waals surface area contributed by atoms with Crippen LogP contribution in [-0.2, 0) is 10.3 Å². The largest absolute Gasteiger partial charge is 0.350 e. The van der Waals surface area contributed by atoms with E-state index in [1.165, 1.54) is 6.08 Å². The van der Waals surface area contributed by atoms with Gasteiger partial charge in [0.1, 0.15) is 0 Å². The Bertz CT molecular complexity index is 1090. The lowest BCUT2D eigenvalue weighted by Gasteiger charge is -2.22. The van der Waals surface area contributed by atoms with Crippen LogP contribution in [0.3, 0.4) is 0 Å². The van der Waals surface area contributed by atoms with Crippen molar-refractivity contribution >= 4 is 22.6 Å². The zero-order chi connectivity index (χ0) is 21.9. The van der Waals surface area contributed by atoms with Crippen LogP contribution in [0.1, 0.15) is 48.4 Å². The van der Waals surface area contributed by atoms with Crippen LogP contribution in [0.25, 0.3) is 10.8 Å². The Kier molecular flexibility index (Phi) is 6.06. The third-order valence-electron chi connectivity index (χ3n) is 5.04. The smallest absolute Gasteiger partial charge is 0.255 e. The predicted molar refractivity (Wildman–Crippen MR) is 119 cm³/mol. The van der Waals surface area contributed by atoms with Crippen molar-refractivity contribution in [2.24, 2.45) is 0 Å². The maximum atomic E-state index is 13.1. The van der Waals surface area contributed by atoms with Gasteiger partial charge in [-0.25, -0.2) is 0 Å². The molecule has 1 atom stereocenters. The minimum Gasteiger partial charge on any atom is -0.350 e. The minimum absolute atomic E-state index is 0.224. The minimum atomic E-state index is -0.400. The van der Waals surface area contributed by atoms with Crippen molar-refractivity contribution in [2.45, 2.75) is 39.3 Å². The zero-order valence-electron chi connectivity index (χ0n) is 17.9. The fourth-order valence-corrected chi connectivity index (χ4v) is 3.50. The molecule has 0 fully saturated rings. The van der Waals surface area contributed by atoms with Gasteiger partial charge in [0, 0.05) is 12.2 Å². The first-order chi connectivity index (χ1) is 14.2. The van der Waals surface area contributed by atoms with Gasteiger partial charge in [0.15, 0.2) is 0 Å². The van der Waals surface area contributed by atoms with Crippen LogP contribution in [0, 0.1) is 6.92 Å². The molecule has 0 aliphatic heterocycles. The molecular formula is C24H28N4O2. The van der Waals surface area contributed by atoms with Gasteiger partial charge in [-0.05, 0) is 56.2 Å². The van der Waals surface area contributed by atoms with Crippen molar-refractivity contribution in [2.75, 3.05) is 6.54 Å². The Balaban J connectivity index is 1.90. The monoisotopic (exact) mass is 404 g/mol. The number of nitrogens with one attached hydrogen (secondary N) is 2. The zero-order valence-corrected chi connectivity index (χ0v) is 17.9. The second kappa shape index (κ2) is 8.53. The molecule has 0 saturated carbocycles. The maximum absolute atomic E-state index is 13.1. The SMILES string of the molecule is C=CC(=O)NCC(NC(=O)c1cnn(C(C)(C)C)c1C)c1ccc2ccccc2c1. The highest BCUT2D eigenvalue weighted by Crippen LogP contribution is 2.22. The first kappa shape index (κ1) is 21.3. The van der Waals surface area contributed by atoms with Crippen LogP contribution >= 0.6 is 0 Å². The standard InChI is InChI=1S/C24H28N4O2/c1-6-22(29)25-15-21(19-12-11-17-9-7-8-10-18(17)13-19)27-23(30)20-14-26-28(16(20)2)24(3,4)5/h6-14,21H,1,15H2,2-5H3,(H,25,29)(H,27,30). The first-order valence-corrected chi connectivity index (χ1v) is 9.95. The van der Waals surface area contributed by atoms with Gasteiger partial charge in [-0.1, -0.05) is 43.0 Å². The van der Waals surface area contributed by atoms with Crippen LogP contribution in [-0.4, -0.2) is 28.1 Å². The molecule has 0 aliphatic rings. The Morgan fingerprint density at radius 1 is 1.17 bits per heavy atom. The molecule has 1 aromatic heterocycles. The molecule has 0 radical (unpaired) electrons. The number of benzene rings is 2. The predicted octanol–water partition coefficient (Wildman–Crippen LogP) is 3.87. The second-order valence-electron chi connectivity index (χ2n) is 8.31. The van der Waals surface area contributed by atoms with Crippen molar-refractivity contribution in [3.63, 3.8) is 0 Å². The molecule has 0 aliphatic carbocycles. The number of hydrogen-bond acceptors (Lipinski definition) is 3. The van der Waals surface area contributed by atoms with Crippen molar-refractivity contribution in [3.8, 4) is 0 Å². The van der Waals surface area contributed by atoms with E-state index in [1.807, 2.05) is 74.8 Å². The summed E-state index contributed by atoms with van der Waals surface area (Å²) in [4.78, 5) is 24.8. The average Bonchev–Trinajstić information content (AvgIpc) is 3.12. The highest BCUT2D eigenvalue weighted by atomic mass is 16.2. The van der Waals surface area contributed by atoms with E-state index in [9.17, 15) is 9.59 Å². The molecule has 6 nitrogen and oxygen atoms in total. The molecule has 6 heteroatoms. The van der Waals surface area contributed by atoms with Crippen molar-refractivity contribution in [1.29, 1.82) is 0 Å². The lowest BCUT2D eigenvalue weighted by atomic mass is 10.0. The van der Waals surface area contributed by atoms with E-state index in [1.54, 1.807) is 6.20 Å². The second-order valence-corrected chi connectivity index (χ2v) is 8.31. The van der Waals surface area contributed by atoms with E-state index in [0.717, 1.165) is 22.0 Å². The van der Waals surface area contributed by atoms with E-state index < -0.39 is 6.04 Å². The van der Waals surface area contributed by atoms with Gasteiger partial charge in [-0.3, -0.25) is 14.3 Å². The number of fused-ring (bicyclic) bond motifs is 1. The Labute approximate surface area is 177 Å². The van der Waals surface area contributed by atoms with Gasteiger partial charge in [-0.15, -0.1) is 0 Å². The highest BCUT2D eigenvalue weighted by molar-refractivity contribution is 5.95. The molecular weight excluding hydrogens is 376 g/mol. The molecule has 3 aromatic rings. The van der Waals surface area contributed by atoms with Gasteiger partial charge in [0.05, 0.1) is 23.3 Å². The fraction of sp³-hybridized carbons (Fsp3) is 0.292. The molecule has 1 unspecified atom stereocenters. The summed E-state index contributed by atoms with van der Waals surface area (Å²) in [6.45, 7) is 11.7. The van der Waals surface area contributed by atoms with E-state index in [0.29, 0.717) is 5.56 Å². The first-order valence-electron chi connectivity index (χ1n) is 9.95. The molecule has 2 amide bonds. The van der Waals surface area contributed by atoms with Crippen LogP contribution in [0.5, 0.6) is 0 Å². The van der Waals surface area contributed by atoms with Gasteiger partial charge in [0.25, 0.3) is 5.91 Å². The third-order valence-corrected chi connectivity index (χ3v) is 5.04. The van der Waals surface area contributed by atoms with Crippen LogP contribution < -0.4 is 10.6 Å². The summed E-state index contributed by atoms with van der Waals surface area (Å²) in [5.74, 6) is -0.513. The molecule has 30 heavy (non-hydrogen) atoms. The van der Waals surface area contributed by atoms with E-state index in [2.05, 4.69) is 22.3 Å². The Hall–Kier alpha value is -3.41. The summed E-state index contributed by atoms with van der Waals surface area (Å²) in [7, 11) is 0. The van der Waals surface area contributed by atoms with E-state index in [4.69, 9.17) is 0 Å². The quantitative estimate of drug-likeness (QED) is 0.612. The van der Waals surface area contributed by atoms with Crippen molar-refractivity contribution < 1.29 is 9.59 Å². The van der Waals surface area contributed by atoms with E-state index >= 15 is 0 Å². The topological polar surface area (TPSA) is 76.0 Å². The number of amides is 2. The van der Waals surface area contributed by atoms with Crippen LogP contribution in [0.4, 0.5) is 0 Å². The molecule has 3 rings (SSSR count). The molecule has 2 N–H and O–H groups in total. The van der Waals surface area contributed by atoms with Gasteiger partial charge < -0.3 is 10.6 Å². The number of rotatable bonds is 6. The average molecular weight is 405 g/mol. The molecule has 156 valence electrons. The van der Waals surface area contributed by atoms with Gasteiger partial charge in [0.2, 0.25) is 5.91 Å². The van der Waals surface area contributed by atoms with Gasteiger partial charge in [-0.2, -0.15) is 5.10 Å². The van der Waals surface area contributed by atoms with Crippen LogP contribution in [0.2, 0.25) is 0 Å². The highest BCUT2D eigenvalue weighted by Gasteiger charge is 2.23. The summed E-state index contributed by atoms with van der Waals surface area (Å²) in [5, 5.41) is 12.4. The Morgan fingerprint density at radius 3 is 2.50 bits per heavy atom. The molecule has 2 aromatic carbocycles. The summed E-state index contributed by atoms with van der Waals surface area (Å²) < 4.78 is 1.84. The van der Waals surface area contributed by atoms with Crippen molar-refractivity contribution in [3.05, 3.63) is 78.1 Å². The summed E-state index contributed by atoms with van der Waals surface area (Å²) in [6.07, 6.45) is 2.81. The molecule has 0 spiro atoms. The van der Waals surface area contributed by atoms with Gasteiger partial charge >= 0.3 is 0 Å². The number of aromatic nitrogens is 2. The number of hydrogen-bond donors (Lipinski definition) is 2. The van der Waals surface area contributed by atoms with Crippen LogP contribution in [0.15, 0.2) is 61.3 Å². The fourth-order valence-electron chi connectivity index (χ4n) is 3.50. The summed E-state index contributed by atoms with van der Waals surface area (Å²) in [5.41, 5.74) is 2.00. The lowest BCUT2D eigenvalue weighted by Crippen LogP contribution is -2.37. The van der Waals surface area contributed by atoms with E-state index in [-0.39, 0.29) is 23.9 Å². The normalized spacial score (nSPS) is 12.4. The number of carbonyl (C=O) groups is 2. The number of carbonyl (C=O) groups excluding carboxylic acids is 2. The summed E-state index contributed by atoms with van der Waals surface area (Å²) >= 11 is 0. The number of nitrogens with zero attached hydrogens (tertiary/aromatic N) is 2. The maximum Gasteiger partial charge on any atom is 0.255 e. The Morgan fingerprint density at radius 2 is 1.87 bits per heavy atom. The molecule has 1 heterocycles. The third kappa shape index (κ3) is 4.59. The summed E-state index contributed by atoms with van der Waals surface area (Å²) in [6, 6.07) is 13.6. The molecule has 0 bridgehead atoms. The molecule has 0 saturated heterocycles. The lowest BCUT2D eigenvalue weighted by molar-refractivity contribution is -0.116. The van der Waals surface area contributed by atoms with Crippen molar-refractivity contribution in [1.82, 2.24) is 20.4 Å².